The third kappa shape index (κ3) is 3.35. The van der Waals surface area contributed by atoms with Crippen molar-refractivity contribution < 1.29 is 8.42 Å². The second kappa shape index (κ2) is 6.16. The van der Waals surface area contributed by atoms with Crippen LogP contribution in [0.2, 0.25) is 10.0 Å². The van der Waals surface area contributed by atoms with Gasteiger partial charge in [0.2, 0.25) is 10.0 Å². The predicted octanol–water partition coefficient (Wildman–Crippen LogP) is 2.45. The fourth-order valence-electron chi connectivity index (χ4n) is 1.89. The highest BCUT2D eigenvalue weighted by atomic mass is 35.5. The molecule has 0 aromatic heterocycles. The van der Waals surface area contributed by atoms with Gasteiger partial charge in [-0.2, -0.15) is 4.31 Å². The Labute approximate surface area is 129 Å². The number of nitrogens with two attached hydrogens (primary N) is 1. The molecule has 1 aromatic carbocycles. The molecule has 0 radical (unpaired) electrons. The van der Waals surface area contributed by atoms with Crippen LogP contribution in [0.1, 0.15) is 12.0 Å². The van der Waals surface area contributed by atoms with Gasteiger partial charge in [0, 0.05) is 29.2 Å². The first kappa shape index (κ1) is 17.0. The average molecular weight is 346 g/mol. The van der Waals surface area contributed by atoms with Crippen LogP contribution in [-0.4, -0.2) is 31.9 Å². The maximum Gasteiger partial charge on any atom is 0.243 e. The monoisotopic (exact) mass is 344 g/mol. The van der Waals surface area contributed by atoms with Gasteiger partial charge in [0.15, 0.2) is 0 Å². The van der Waals surface area contributed by atoms with Crippen molar-refractivity contribution in [2.45, 2.75) is 24.3 Å². The number of benzene rings is 1. The summed E-state index contributed by atoms with van der Waals surface area (Å²) < 4.78 is 26.1. The molecule has 2 rings (SSSR count). The molecular weight excluding hydrogens is 331 g/mol. The summed E-state index contributed by atoms with van der Waals surface area (Å²) in [5, 5.41) is 0.703. The molecule has 4 nitrogen and oxygen atoms in total. The van der Waals surface area contributed by atoms with Gasteiger partial charge in [-0.1, -0.05) is 23.2 Å². The van der Waals surface area contributed by atoms with Gasteiger partial charge in [-0.3, -0.25) is 0 Å². The minimum atomic E-state index is -3.55. The molecule has 19 heavy (non-hydrogen) atoms. The summed E-state index contributed by atoms with van der Waals surface area (Å²) in [6, 6.07) is 2.76. The van der Waals surface area contributed by atoms with Crippen molar-refractivity contribution in [3.05, 3.63) is 27.7 Å². The molecule has 0 spiro atoms. The van der Waals surface area contributed by atoms with E-state index in [2.05, 4.69) is 0 Å². The maximum atomic E-state index is 12.3. The Morgan fingerprint density at radius 1 is 1.32 bits per heavy atom. The quantitative estimate of drug-likeness (QED) is 0.895. The second-order valence-corrected chi connectivity index (χ2v) is 7.18. The van der Waals surface area contributed by atoms with E-state index < -0.39 is 10.0 Å². The van der Waals surface area contributed by atoms with Crippen LogP contribution in [-0.2, 0) is 10.0 Å². The van der Waals surface area contributed by atoms with Crippen LogP contribution in [0.3, 0.4) is 0 Å². The molecular formula is C11H15Cl3N2O2S. The molecule has 0 saturated carbocycles. The van der Waals surface area contributed by atoms with E-state index in [0.717, 1.165) is 0 Å². The average Bonchev–Trinajstić information content (AvgIpc) is 2.72. The number of hydrogen-bond donors (Lipinski definition) is 1. The summed E-state index contributed by atoms with van der Waals surface area (Å²) in [5.41, 5.74) is 6.40. The Kier molecular flexibility index (Phi) is 5.52. The van der Waals surface area contributed by atoms with Crippen molar-refractivity contribution in [2.24, 2.45) is 5.73 Å². The van der Waals surface area contributed by atoms with Gasteiger partial charge in [-0.15, -0.1) is 12.4 Å². The van der Waals surface area contributed by atoms with Crippen molar-refractivity contribution in [3.63, 3.8) is 0 Å². The van der Waals surface area contributed by atoms with Gasteiger partial charge in [0.25, 0.3) is 0 Å². The van der Waals surface area contributed by atoms with Gasteiger partial charge in [0.05, 0.1) is 4.90 Å². The maximum absolute atomic E-state index is 12.3. The fourth-order valence-corrected chi connectivity index (χ4v) is 4.07. The van der Waals surface area contributed by atoms with Crippen molar-refractivity contribution in [2.75, 3.05) is 13.1 Å². The molecule has 0 aliphatic carbocycles. The normalized spacial score (nSPS) is 20.3. The number of rotatable bonds is 2. The topological polar surface area (TPSA) is 63.4 Å². The van der Waals surface area contributed by atoms with Gasteiger partial charge in [0.1, 0.15) is 0 Å². The predicted molar refractivity (Wildman–Crippen MR) is 79.8 cm³/mol. The number of sulfonamides is 1. The SMILES string of the molecule is Cc1c(Cl)cc(S(=O)(=O)N2CC[C@@H](N)C2)cc1Cl.Cl. The van der Waals surface area contributed by atoms with Crippen LogP contribution in [0, 0.1) is 6.92 Å². The van der Waals surface area contributed by atoms with Crippen molar-refractivity contribution in [3.8, 4) is 0 Å². The van der Waals surface area contributed by atoms with E-state index in [1.54, 1.807) is 6.92 Å². The van der Waals surface area contributed by atoms with Gasteiger partial charge < -0.3 is 5.73 Å². The third-order valence-electron chi connectivity index (χ3n) is 3.08. The van der Waals surface area contributed by atoms with Crippen LogP contribution in [0.25, 0.3) is 0 Å². The highest BCUT2D eigenvalue weighted by Crippen LogP contribution is 2.30. The highest BCUT2D eigenvalue weighted by molar-refractivity contribution is 7.89. The molecule has 1 aliphatic rings. The first-order chi connectivity index (χ1) is 8.32. The molecule has 2 N–H and O–H groups in total. The first-order valence-corrected chi connectivity index (χ1v) is 7.73. The Hall–Kier alpha value is -0.0400. The molecule has 0 amide bonds. The van der Waals surface area contributed by atoms with Crippen LogP contribution < -0.4 is 5.73 Å². The Balaban J connectivity index is 0.00000180. The fraction of sp³-hybridized carbons (Fsp3) is 0.455. The zero-order valence-corrected chi connectivity index (χ0v) is 13.4. The van der Waals surface area contributed by atoms with E-state index in [0.29, 0.717) is 35.1 Å². The van der Waals surface area contributed by atoms with Crippen LogP contribution in [0.4, 0.5) is 0 Å². The first-order valence-electron chi connectivity index (χ1n) is 5.53. The lowest BCUT2D eigenvalue weighted by Crippen LogP contribution is -2.32. The van der Waals surface area contributed by atoms with Crippen LogP contribution in [0.5, 0.6) is 0 Å². The summed E-state index contributed by atoms with van der Waals surface area (Å²) in [5.74, 6) is 0. The molecule has 1 aliphatic heterocycles. The van der Waals surface area contributed by atoms with E-state index in [-0.39, 0.29) is 23.3 Å². The molecule has 1 fully saturated rings. The summed E-state index contributed by atoms with van der Waals surface area (Å²) >= 11 is 11.9. The summed E-state index contributed by atoms with van der Waals surface area (Å²) in [7, 11) is -3.55. The smallest absolute Gasteiger partial charge is 0.243 e. The molecule has 1 heterocycles. The Bertz CT molecular complexity index is 554. The van der Waals surface area contributed by atoms with E-state index in [9.17, 15) is 8.42 Å². The van der Waals surface area contributed by atoms with Crippen LogP contribution >= 0.6 is 35.6 Å². The highest BCUT2D eigenvalue weighted by Gasteiger charge is 2.31. The zero-order valence-electron chi connectivity index (χ0n) is 10.3. The van der Waals surface area contributed by atoms with Crippen molar-refractivity contribution in [1.82, 2.24) is 4.31 Å². The van der Waals surface area contributed by atoms with Crippen molar-refractivity contribution >= 4 is 45.6 Å². The number of nitrogens with zero attached hydrogens (tertiary/aromatic N) is 1. The Morgan fingerprint density at radius 3 is 2.26 bits per heavy atom. The van der Waals surface area contributed by atoms with Gasteiger partial charge in [-0.25, -0.2) is 8.42 Å². The molecule has 108 valence electrons. The minimum Gasteiger partial charge on any atom is -0.326 e. The minimum absolute atomic E-state index is 0. The number of halogens is 3. The Morgan fingerprint density at radius 2 is 1.84 bits per heavy atom. The molecule has 0 unspecified atom stereocenters. The van der Waals surface area contributed by atoms with Crippen LogP contribution in [0.15, 0.2) is 17.0 Å². The molecule has 1 saturated heterocycles. The standard InChI is InChI=1S/C11H14Cl2N2O2S.ClH/c1-7-10(12)4-9(5-11(7)13)18(16,17)15-3-2-8(14)6-15;/h4-5,8H,2-3,6,14H2,1H3;1H/t8-;/m1./s1. The lowest BCUT2D eigenvalue weighted by Gasteiger charge is -2.17. The molecule has 1 aromatic rings. The largest absolute Gasteiger partial charge is 0.326 e. The molecule has 1 atom stereocenters. The summed E-state index contributed by atoms with van der Waals surface area (Å²) in [4.78, 5) is 0.122. The second-order valence-electron chi connectivity index (χ2n) is 4.42. The lowest BCUT2D eigenvalue weighted by atomic mass is 10.2. The summed E-state index contributed by atoms with van der Waals surface area (Å²) in [6.07, 6.45) is 0.673. The van der Waals surface area contributed by atoms with E-state index in [1.807, 2.05) is 0 Å². The molecule has 0 bridgehead atoms. The van der Waals surface area contributed by atoms with E-state index in [1.165, 1.54) is 16.4 Å². The van der Waals surface area contributed by atoms with E-state index in [4.69, 9.17) is 28.9 Å². The zero-order chi connectivity index (χ0) is 13.5. The third-order valence-corrected chi connectivity index (χ3v) is 5.71. The number of hydrogen-bond acceptors (Lipinski definition) is 3. The molecule has 8 heteroatoms. The van der Waals surface area contributed by atoms with Gasteiger partial charge >= 0.3 is 0 Å². The van der Waals surface area contributed by atoms with Gasteiger partial charge in [-0.05, 0) is 31.0 Å². The summed E-state index contributed by atoms with van der Waals surface area (Å²) in [6.45, 7) is 2.52. The lowest BCUT2D eigenvalue weighted by molar-refractivity contribution is 0.472. The van der Waals surface area contributed by atoms with E-state index >= 15 is 0 Å². The van der Waals surface area contributed by atoms with Crippen molar-refractivity contribution in [1.29, 1.82) is 0 Å².